The summed E-state index contributed by atoms with van der Waals surface area (Å²) in [6.07, 6.45) is 0. The van der Waals surface area contributed by atoms with Crippen LogP contribution in [0, 0.1) is 6.92 Å². The molecule has 2 amide bonds. The average molecular weight is 493 g/mol. The van der Waals surface area contributed by atoms with Crippen LogP contribution in [0.4, 0.5) is 11.4 Å². The fourth-order valence-electron chi connectivity index (χ4n) is 3.52. The molecule has 35 heavy (non-hydrogen) atoms. The molecule has 0 aliphatic heterocycles. The van der Waals surface area contributed by atoms with Gasteiger partial charge in [-0.3, -0.25) is 19.1 Å². The molecule has 0 spiro atoms. The minimum Gasteiger partial charge on any atom is -0.326 e. The van der Waals surface area contributed by atoms with Gasteiger partial charge in [0.05, 0.1) is 16.6 Å². The summed E-state index contributed by atoms with van der Waals surface area (Å²) in [7, 11) is 1.79. The quantitative estimate of drug-likeness (QED) is 0.379. The second kappa shape index (κ2) is 9.97. The number of nitrogens with one attached hydrogen (secondary N) is 2. The highest BCUT2D eigenvalue weighted by Crippen LogP contribution is 2.25. The van der Waals surface area contributed by atoms with E-state index in [2.05, 4.69) is 26.2 Å². The van der Waals surface area contributed by atoms with Crippen LogP contribution in [0.2, 0.25) is 0 Å². The standard InChI is InChI=1S/C23H24N8O3S/c1-14-20(22(34)31(29(14)4)19-11-6-5-7-12-19)30-23(26-27-28-30)35-15(2)21(33)25-18-10-8-9-17(13-18)24-16(3)32/h5-13,15H,1-4H3,(H,24,32)(H,25,33). The minimum atomic E-state index is -0.579. The summed E-state index contributed by atoms with van der Waals surface area (Å²) in [5.41, 5.74) is 2.52. The zero-order valence-electron chi connectivity index (χ0n) is 19.6. The molecule has 0 fully saturated rings. The zero-order valence-corrected chi connectivity index (χ0v) is 20.4. The maximum Gasteiger partial charge on any atom is 0.297 e. The van der Waals surface area contributed by atoms with Crippen LogP contribution in [0.15, 0.2) is 64.5 Å². The van der Waals surface area contributed by atoms with Crippen molar-refractivity contribution in [1.82, 2.24) is 29.6 Å². The Bertz CT molecular complexity index is 1440. The van der Waals surface area contributed by atoms with Crippen molar-refractivity contribution in [2.75, 3.05) is 10.6 Å². The predicted molar refractivity (Wildman–Crippen MR) is 133 cm³/mol. The third-order valence-corrected chi connectivity index (χ3v) is 6.31. The maximum atomic E-state index is 13.3. The van der Waals surface area contributed by atoms with E-state index in [1.165, 1.54) is 11.6 Å². The first-order chi connectivity index (χ1) is 16.8. The number of carbonyl (C=O) groups is 2. The van der Waals surface area contributed by atoms with Gasteiger partial charge < -0.3 is 10.6 Å². The van der Waals surface area contributed by atoms with Gasteiger partial charge in [-0.2, -0.15) is 4.68 Å². The molecule has 2 heterocycles. The number of tetrazole rings is 1. The molecule has 2 aromatic heterocycles. The van der Waals surface area contributed by atoms with Gasteiger partial charge in [-0.05, 0) is 54.6 Å². The zero-order chi connectivity index (χ0) is 25.1. The van der Waals surface area contributed by atoms with E-state index in [4.69, 9.17) is 0 Å². The van der Waals surface area contributed by atoms with Crippen LogP contribution < -0.4 is 16.2 Å². The summed E-state index contributed by atoms with van der Waals surface area (Å²) in [6, 6.07) is 16.1. The van der Waals surface area contributed by atoms with Crippen LogP contribution >= 0.6 is 11.8 Å². The molecule has 0 saturated carbocycles. The Morgan fingerprint density at radius 1 is 1.03 bits per heavy atom. The lowest BCUT2D eigenvalue weighted by atomic mass is 10.2. The second-order valence-corrected chi connectivity index (χ2v) is 9.10. The van der Waals surface area contributed by atoms with Crippen LogP contribution in [-0.4, -0.2) is 46.6 Å². The van der Waals surface area contributed by atoms with Crippen LogP contribution in [0.5, 0.6) is 0 Å². The van der Waals surface area contributed by atoms with E-state index in [0.717, 1.165) is 11.8 Å². The number of rotatable bonds is 7. The molecule has 1 atom stereocenters. The topological polar surface area (TPSA) is 129 Å². The van der Waals surface area contributed by atoms with Crippen molar-refractivity contribution in [2.24, 2.45) is 7.05 Å². The summed E-state index contributed by atoms with van der Waals surface area (Å²) < 4.78 is 4.64. The van der Waals surface area contributed by atoms with Crippen molar-refractivity contribution < 1.29 is 9.59 Å². The number of thioether (sulfide) groups is 1. The smallest absolute Gasteiger partial charge is 0.297 e. The summed E-state index contributed by atoms with van der Waals surface area (Å²) in [6.45, 7) is 4.94. The number of para-hydroxylation sites is 1. The summed E-state index contributed by atoms with van der Waals surface area (Å²) in [5, 5.41) is 17.0. The van der Waals surface area contributed by atoms with Crippen LogP contribution in [0.25, 0.3) is 11.4 Å². The molecule has 0 bridgehead atoms. The van der Waals surface area contributed by atoms with Crippen LogP contribution in [0.3, 0.4) is 0 Å². The number of anilines is 2. The third kappa shape index (κ3) is 5.01. The van der Waals surface area contributed by atoms with E-state index in [-0.39, 0.29) is 17.4 Å². The lowest BCUT2D eigenvalue weighted by molar-refractivity contribution is -0.115. The molecule has 2 N–H and O–H groups in total. The molecular formula is C23H24N8O3S. The predicted octanol–water partition coefficient (Wildman–Crippen LogP) is 2.54. The third-order valence-electron chi connectivity index (χ3n) is 5.28. The summed E-state index contributed by atoms with van der Waals surface area (Å²) in [5.74, 6) is -0.484. The average Bonchev–Trinajstić information content (AvgIpc) is 3.35. The van der Waals surface area contributed by atoms with Crippen LogP contribution in [0.1, 0.15) is 19.5 Å². The molecule has 0 saturated heterocycles. The Morgan fingerprint density at radius 2 is 1.71 bits per heavy atom. The Labute approximate surface area is 205 Å². The molecule has 11 nitrogen and oxygen atoms in total. The first-order valence-electron chi connectivity index (χ1n) is 10.7. The Hall–Kier alpha value is -4.19. The van der Waals surface area contributed by atoms with Gasteiger partial charge in [0.25, 0.3) is 5.56 Å². The van der Waals surface area contributed by atoms with Gasteiger partial charge in [0.15, 0.2) is 5.69 Å². The number of amides is 2. The van der Waals surface area contributed by atoms with E-state index < -0.39 is 5.25 Å². The Morgan fingerprint density at radius 3 is 2.40 bits per heavy atom. The lowest BCUT2D eigenvalue weighted by Gasteiger charge is -2.12. The first kappa shape index (κ1) is 24.0. The van der Waals surface area contributed by atoms with Gasteiger partial charge in [0.2, 0.25) is 17.0 Å². The van der Waals surface area contributed by atoms with Gasteiger partial charge in [-0.25, -0.2) is 4.68 Å². The molecular weight excluding hydrogens is 468 g/mol. The SMILES string of the molecule is CC(=O)Nc1cccc(NC(=O)C(C)Sc2nnnn2-c2c(C)n(C)n(-c3ccccc3)c2=O)c1. The maximum absolute atomic E-state index is 13.3. The van der Waals surface area contributed by atoms with E-state index in [1.807, 2.05) is 37.3 Å². The largest absolute Gasteiger partial charge is 0.326 e. The van der Waals surface area contributed by atoms with Gasteiger partial charge >= 0.3 is 0 Å². The molecule has 180 valence electrons. The number of aromatic nitrogens is 6. The first-order valence-corrected chi connectivity index (χ1v) is 11.6. The number of benzene rings is 2. The monoisotopic (exact) mass is 492 g/mol. The fraction of sp³-hybridized carbons (Fsp3) is 0.217. The van der Waals surface area contributed by atoms with Gasteiger partial charge in [0, 0.05) is 25.3 Å². The Balaban J connectivity index is 1.56. The van der Waals surface area contributed by atoms with Crippen molar-refractivity contribution in [3.05, 3.63) is 70.6 Å². The summed E-state index contributed by atoms with van der Waals surface area (Å²) in [4.78, 5) is 37.5. The van der Waals surface area contributed by atoms with Crippen LogP contribution in [-0.2, 0) is 16.6 Å². The van der Waals surface area contributed by atoms with E-state index in [0.29, 0.717) is 33.6 Å². The highest BCUT2D eigenvalue weighted by molar-refractivity contribution is 8.00. The molecule has 0 aliphatic rings. The van der Waals surface area contributed by atoms with E-state index in [1.54, 1.807) is 47.6 Å². The Kier molecular flexibility index (Phi) is 6.82. The summed E-state index contributed by atoms with van der Waals surface area (Å²) >= 11 is 1.13. The van der Waals surface area contributed by atoms with Gasteiger partial charge in [0.1, 0.15) is 0 Å². The lowest BCUT2D eigenvalue weighted by Crippen LogP contribution is -2.24. The highest BCUT2D eigenvalue weighted by atomic mass is 32.2. The fourth-order valence-corrected chi connectivity index (χ4v) is 4.32. The number of hydrogen-bond acceptors (Lipinski definition) is 7. The minimum absolute atomic E-state index is 0.202. The van der Waals surface area contributed by atoms with Crippen molar-refractivity contribution in [1.29, 1.82) is 0 Å². The van der Waals surface area contributed by atoms with Crippen molar-refractivity contribution in [3.63, 3.8) is 0 Å². The molecule has 1 unspecified atom stereocenters. The molecule has 4 rings (SSSR count). The molecule has 0 radical (unpaired) electrons. The second-order valence-electron chi connectivity index (χ2n) is 7.79. The molecule has 2 aromatic carbocycles. The van der Waals surface area contributed by atoms with E-state index >= 15 is 0 Å². The van der Waals surface area contributed by atoms with Gasteiger partial charge in [-0.1, -0.05) is 36.0 Å². The van der Waals surface area contributed by atoms with Crippen molar-refractivity contribution in [3.8, 4) is 11.4 Å². The normalized spacial score (nSPS) is 11.8. The molecule has 0 aliphatic carbocycles. The number of carbonyl (C=O) groups excluding carboxylic acids is 2. The van der Waals surface area contributed by atoms with E-state index in [9.17, 15) is 14.4 Å². The van der Waals surface area contributed by atoms with Gasteiger partial charge in [-0.15, -0.1) is 5.10 Å². The van der Waals surface area contributed by atoms with Crippen molar-refractivity contribution >= 4 is 35.0 Å². The molecule has 4 aromatic rings. The number of nitrogens with zero attached hydrogens (tertiary/aromatic N) is 6. The highest BCUT2D eigenvalue weighted by Gasteiger charge is 2.24. The number of hydrogen-bond donors (Lipinski definition) is 2. The van der Waals surface area contributed by atoms with Crippen molar-refractivity contribution in [2.45, 2.75) is 31.2 Å². The molecule has 12 heteroatoms.